The number of phenolic OH excluding ortho intramolecular Hbond substituents is 1. The zero-order valence-electron chi connectivity index (χ0n) is 8.89. The van der Waals surface area contributed by atoms with E-state index in [1.165, 1.54) is 7.11 Å². The molecule has 0 aromatic heterocycles. The molecule has 0 heterocycles. The number of halogens is 2. The van der Waals surface area contributed by atoms with Crippen LogP contribution in [0.5, 0.6) is 11.5 Å². The first-order chi connectivity index (χ1) is 7.47. The molecule has 88 valence electrons. The first kappa shape index (κ1) is 11.5. The Labute approximate surface area is 98.0 Å². The van der Waals surface area contributed by atoms with Gasteiger partial charge in [0.25, 0.3) is 0 Å². The van der Waals surface area contributed by atoms with Crippen LogP contribution in [0, 0.1) is 5.82 Å². The van der Waals surface area contributed by atoms with E-state index in [9.17, 15) is 9.50 Å². The summed E-state index contributed by atoms with van der Waals surface area (Å²) in [7, 11) is 1.38. The Hall–Kier alpha value is -1.00. The van der Waals surface area contributed by atoms with Gasteiger partial charge in [0.1, 0.15) is 5.82 Å². The van der Waals surface area contributed by atoms with Crippen LogP contribution in [-0.4, -0.2) is 17.8 Å². The number of aromatic hydroxyl groups is 1. The molecule has 0 aliphatic heterocycles. The van der Waals surface area contributed by atoms with Crippen LogP contribution in [0.25, 0.3) is 0 Å². The Morgan fingerprint density at radius 2 is 2.25 bits per heavy atom. The number of phenols is 1. The molecule has 1 aliphatic carbocycles. The van der Waals surface area contributed by atoms with Gasteiger partial charge in [0.2, 0.25) is 0 Å². The van der Waals surface area contributed by atoms with Crippen molar-refractivity contribution in [1.29, 1.82) is 0 Å². The number of nitrogens with two attached hydrogens (primary N) is 1. The van der Waals surface area contributed by atoms with Crippen molar-refractivity contribution in [3.05, 3.63) is 22.5 Å². The first-order valence-corrected chi connectivity index (χ1v) is 5.37. The Balaban J connectivity index is 2.47. The van der Waals surface area contributed by atoms with Gasteiger partial charge in [0.05, 0.1) is 12.1 Å². The molecule has 0 saturated heterocycles. The fraction of sp³-hybridized carbons (Fsp3) is 0.455. The van der Waals surface area contributed by atoms with Crippen LogP contribution in [0.4, 0.5) is 4.39 Å². The topological polar surface area (TPSA) is 55.5 Å². The highest BCUT2D eigenvalue weighted by Crippen LogP contribution is 2.43. The molecule has 1 fully saturated rings. The first-order valence-electron chi connectivity index (χ1n) is 4.99. The Kier molecular flexibility index (Phi) is 2.72. The van der Waals surface area contributed by atoms with Crippen molar-refractivity contribution in [2.45, 2.75) is 24.8 Å². The maximum atomic E-state index is 13.8. The molecule has 16 heavy (non-hydrogen) atoms. The van der Waals surface area contributed by atoms with E-state index in [0.717, 1.165) is 18.9 Å². The fourth-order valence-electron chi connectivity index (χ4n) is 1.72. The van der Waals surface area contributed by atoms with E-state index >= 15 is 0 Å². The van der Waals surface area contributed by atoms with Crippen molar-refractivity contribution < 1.29 is 14.2 Å². The van der Waals surface area contributed by atoms with Crippen molar-refractivity contribution in [2.24, 2.45) is 5.73 Å². The summed E-state index contributed by atoms with van der Waals surface area (Å²) in [5.74, 6) is -0.597. The highest BCUT2D eigenvalue weighted by molar-refractivity contribution is 6.31. The van der Waals surface area contributed by atoms with E-state index in [1.54, 1.807) is 0 Å². The normalized spacial score (nSPS) is 17.2. The van der Waals surface area contributed by atoms with Crippen LogP contribution in [0.2, 0.25) is 5.02 Å². The van der Waals surface area contributed by atoms with E-state index in [2.05, 4.69) is 0 Å². The lowest BCUT2D eigenvalue weighted by molar-refractivity contribution is 0.362. The van der Waals surface area contributed by atoms with Gasteiger partial charge in [-0.25, -0.2) is 4.39 Å². The van der Waals surface area contributed by atoms with Gasteiger partial charge in [-0.15, -0.1) is 0 Å². The lowest BCUT2D eigenvalue weighted by Gasteiger charge is -2.15. The number of hydrogen-bond donors (Lipinski definition) is 2. The molecule has 2 rings (SSSR count). The minimum Gasteiger partial charge on any atom is -0.504 e. The summed E-state index contributed by atoms with van der Waals surface area (Å²) in [6, 6.07) is 1.13. The summed E-state index contributed by atoms with van der Waals surface area (Å²) in [4.78, 5) is 0. The van der Waals surface area contributed by atoms with Gasteiger partial charge in [0, 0.05) is 17.2 Å². The third-order valence-corrected chi connectivity index (χ3v) is 3.15. The molecular formula is C11H13ClFNO2. The van der Waals surface area contributed by atoms with Crippen molar-refractivity contribution in [3.8, 4) is 11.5 Å². The Morgan fingerprint density at radius 3 is 2.75 bits per heavy atom. The summed E-state index contributed by atoms with van der Waals surface area (Å²) in [5, 5.41) is 9.48. The second-order valence-corrected chi connectivity index (χ2v) is 4.65. The van der Waals surface area contributed by atoms with Crippen molar-refractivity contribution in [1.82, 2.24) is 0 Å². The highest BCUT2D eigenvalue weighted by Gasteiger charge is 2.40. The molecule has 1 aromatic rings. The van der Waals surface area contributed by atoms with Crippen LogP contribution < -0.4 is 10.5 Å². The quantitative estimate of drug-likeness (QED) is 0.859. The molecule has 0 atom stereocenters. The maximum Gasteiger partial charge on any atom is 0.166 e. The molecule has 0 spiro atoms. The summed E-state index contributed by atoms with van der Waals surface area (Å²) in [5.41, 5.74) is 5.81. The number of methoxy groups -OCH3 is 1. The lowest BCUT2D eigenvalue weighted by Crippen LogP contribution is -2.25. The minimum absolute atomic E-state index is 0.113. The molecule has 3 nitrogen and oxygen atoms in total. The van der Waals surface area contributed by atoms with E-state index in [4.69, 9.17) is 22.1 Å². The van der Waals surface area contributed by atoms with Gasteiger partial charge in [-0.3, -0.25) is 0 Å². The third-order valence-electron chi connectivity index (χ3n) is 2.87. The molecule has 3 N–H and O–H groups in total. The monoisotopic (exact) mass is 245 g/mol. The van der Waals surface area contributed by atoms with Gasteiger partial charge < -0.3 is 15.6 Å². The summed E-state index contributed by atoms with van der Waals surface area (Å²) >= 11 is 5.67. The summed E-state index contributed by atoms with van der Waals surface area (Å²) in [6.07, 6.45) is 2.03. The Bertz CT molecular complexity index is 432. The largest absolute Gasteiger partial charge is 0.504 e. The smallest absolute Gasteiger partial charge is 0.166 e. The number of benzene rings is 1. The average molecular weight is 246 g/mol. The van der Waals surface area contributed by atoms with Crippen LogP contribution in [0.15, 0.2) is 6.07 Å². The second kappa shape index (κ2) is 3.79. The standard InChI is InChI=1S/C11H13ClFNO2/c1-16-10-6(5-11(14)2-3-11)9(13)7(12)4-8(10)15/h4,15H,2-3,5,14H2,1H3. The van der Waals surface area contributed by atoms with E-state index in [1.807, 2.05) is 0 Å². The van der Waals surface area contributed by atoms with Gasteiger partial charge in [-0.1, -0.05) is 11.6 Å². The number of ether oxygens (including phenoxy) is 1. The van der Waals surface area contributed by atoms with E-state index in [-0.39, 0.29) is 27.6 Å². The van der Waals surface area contributed by atoms with E-state index < -0.39 is 5.82 Å². The van der Waals surface area contributed by atoms with Gasteiger partial charge in [-0.2, -0.15) is 0 Å². The van der Waals surface area contributed by atoms with Crippen LogP contribution >= 0.6 is 11.6 Å². The van der Waals surface area contributed by atoms with E-state index in [0.29, 0.717) is 6.42 Å². The van der Waals surface area contributed by atoms with Crippen molar-refractivity contribution in [2.75, 3.05) is 7.11 Å². The molecule has 5 heteroatoms. The highest BCUT2D eigenvalue weighted by atomic mass is 35.5. The van der Waals surface area contributed by atoms with Crippen LogP contribution in [0.3, 0.4) is 0 Å². The van der Waals surface area contributed by atoms with Crippen LogP contribution in [-0.2, 0) is 6.42 Å². The summed E-state index contributed by atoms with van der Waals surface area (Å²) in [6.45, 7) is 0. The van der Waals surface area contributed by atoms with Gasteiger partial charge in [0.15, 0.2) is 11.5 Å². The van der Waals surface area contributed by atoms with Crippen molar-refractivity contribution >= 4 is 11.6 Å². The molecule has 1 aliphatic rings. The van der Waals surface area contributed by atoms with Crippen molar-refractivity contribution in [3.63, 3.8) is 0 Å². The summed E-state index contributed by atoms with van der Waals surface area (Å²) < 4.78 is 18.8. The molecule has 1 aromatic carbocycles. The second-order valence-electron chi connectivity index (χ2n) is 4.24. The fourth-order valence-corrected chi connectivity index (χ4v) is 1.94. The predicted molar refractivity (Wildman–Crippen MR) is 59.5 cm³/mol. The van der Waals surface area contributed by atoms with Gasteiger partial charge in [-0.05, 0) is 19.3 Å². The molecular weight excluding hydrogens is 233 g/mol. The number of rotatable bonds is 3. The zero-order valence-corrected chi connectivity index (χ0v) is 9.64. The Morgan fingerprint density at radius 1 is 1.62 bits per heavy atom. The average Bonchev–Trinajstić information content (AvgIpc) is 2.93. The lowest BCUT2D eigenvalue weighted by atomic mass is 10.0. The molecule has 0 bridgehead atoms. The molecule has 1 saturated carbocycles. The third kappa shape index (κ3) is 1.95. The molecule has 0 unspecified atom stereocenters. The maximum absolute atomic E-state index is 13.8. The van der Waals surface area contributed by atoms with Gasteiger partial charge >= 0.3 is 0 Å². The minimum atomic E-state index is -0.562. The van der Waals surface area contributed by atoms with Crippen LogP contribution in [0.1, 0.15) is 18.4 Å². The molecule has 0 amide bonds. The SMILES string of the molecule is COc1c(O)cc(Cl)c(F)c1CC1(N)CC1. The predicted octanol–water partition coefficient (Wildman–Crippen LogP) is 2.23. The zero-order chi connectivity index (χ0) is 11.9. The number of hydrogen-bond acceptors (Lipinski definition) is 3. The molecule has 0 radical (unpaired) electrons.